The van der Waals surface area contributed by atoms with E-state index in [-0.39, 0.29) is 17.7 Å². The molecule has 16 heavy (non-hydrogen) atoms. The van der Waals surface area contributed by atoms with Crippen molar-refractivity contribution in [1.82, 2.24) is 4.90 Å². The first-order chi connectivity index (χ1) is 7.63. The number of rotatable bonds is 4. The summed E-state index contributed by atoms with van der Waals surface area (Å²) in [5, 5.41) is 9.15. The molecular weight excluding hydrogens is 226 g/mol. The topological polar surface area (TPSA) is 57.6 Å². The average Bonchev–Trinajstić information content (AvgIpc) is 2.97. The molecule has 1 saturated heterocycles. The maximum absolute atomic E-state index is 11.7. The first kappa shape index (κ1) is 11.8. The summed E-state index contributed by atoms with van der Waals surface area (Å²) in [6, 6.07) is 0. The lowest BCUT2D eigenvalue weighted by molar-refractivity contribution is -0.142. The second kappa shape index (κ2) is 4.65. The predicted octanol–water partition coefficient (Wildman–Crippen LogP) is 0.919. The van der Waals surface area contributed by atoms with Crippen molar-refractivity contribution in [2.24, 2.45) is 17.8 Å². The molecule has 0 bridgehead atoms. The van der Waals surface area contributed by atoms with Crippen LogP contribution in [-0.2, 0) is 9.59 Å². The fourth-order valence-electron chi connectivity index (χ4n) is 2.51. The van der Waals surface area contributed by atoms with Crippen LogP contribution in [0.1, 0.15) is 12.8 Å². The summed E-state index contributed by atoms with van der Waals surface area (Å²) in [4.78, 5) is 24.6. The van der Waals surface area contributed by atoms with Gasteiger partial charge in [-0.15, -0.1) is 0 Å². The van der Waals surface area contributed by atoms with Gasteiger partial charge in [-0.05, 0) is 30.9 Å². The van der Waals surface area contributed by atoms with Crippen LogP contribution in [0.25, 0.3) is 0 Å². The Morgan fingerprint density at radius 1 is 1.38 bits per heavy atom. The van der Waals surface area contributed by atoms with Crippen molar-refractivity contribution in [1.29, 1.82) is 0 Å². The Balaban J connectivity index is 1.99. The Morgan fingerprint density at radius 3 is 2.56 bits per heavy atom. The molecule has 1 N–H and O–H groups in total. The average molecular weight is 243 g/mol. The molecule has 1 saturated carbocycles. The van der Waals surface area contributed by atoms with E-state index in [1.54, 1.807) is 4.90 Å². The van der Waals surface area contributed by atoms with Gasteiger partial charge in [0, 0.05) is 13.1 Å². The molecule has 1 aliphatic heterocycles. The molecule has 1 amide bonds. The van der Waals surface area contributed by atoms with Crippen LogP contribution in [-0.4, -0.2) is 47.0 Å². The largest absolute Gasteiger partial charge is 0.481 e. The molecule has 2 fully saturated rings. The van der Waals surface area contributed by atoms with E-state index < -0.39 is 5.97 Å². The van der Waals surface area contributed by atoms with Gasteiger partial charge in [0.05, 0.1) is 11.7 Å². The van der Waals surface area contributed by atoms with Crippen LogP contribution in [0.2, 0.25) is 0 Å². The minimum atomic E-state index is -0.739. The zero-order valence-electron chi connectivity index (χ0n) is 9.39. The molecule has 4 nitrogen and oxygen atoms in total. The standard InChI is InChI=1S/C11H17NO3S/c1-16-6-10(13)12-4-8(7-2-3-7)9(5-12)11(14)15/h7-9H,2-6H2,1H3,(H,14,15)/t8-,9+/m1/s1. The van der Waals surface area contributed by atoms with Crippen LogP contribution in [0.4, 0.5) is 0 Å². The molecule has 1 heterocycles. The second-order valence-electron chi connectivity index (χ2n) is 4.68. The van der Waals surface area contributed by atoms with Gasteiger partial charge in [0.15, 0.2) is 0 Å². The summed E-state index contributed by atoms with van der Waals surface area (Å²) < 4.78 is 0. The van der Waals surface area contributed by atoms with E-state index in [1.807, 2.05) is 6.26 Å². The van der Waals surface area contributed by atoms with Crippen molar-refractivity contribution in [3.05, 3.63) is 0 Å². The smallest absolute Gasteiger partial charge is 0.308 e. The van der Waals surface area contributed by atoms with Gasteiger partial charge in [-0.3, -0.25) is 9.59 Å². The van der Waals surface area contributed by atoms with Gasteiger partial charge in [-0.1, -0.05) is 0 Å². The van der Waals surface area contributed by atoms with Crippen LogP contribution in [0.3, 0.4) is 0 Å². The van der Waals surface area contributed by atoms with E-state index in [0.29, 0.717) is 24.8 Å². The van der Waals surface area contributed by atoms with Gasteiger partial charge in [0.25, 0.3) is 0 Å². The molecule has 1 aliphatic carbocycles. The summed E-state index contributed by atoms with van der Waals surface area (Å²) >= 11 is 1.49. The maximum Gasteiger partial charge on any atom is 0.308 e. The summed E-state index contributed by atoms with van der Waals surface area (Å²) in [5.74, 6) is 0.219. The third-order valence-electron chi connectivity index (χ3n) is 3.53. The zero-order chi connectivity index (χ0) is 11.7. The fraction of sp³-hybridized carbons (Fsp3) is 0.818. The van der Waals surface area contributed by atoms with Crippen molar-refractivity contribution in [3.63, 3.8) is 0 Å². The number of carboxylic acids is 1. The van der Waals surface area contributed by atoms with Gasteiger partial charge in [0.2, 0.25) is 5.91 Å². The van der Waals surface area contributed by atoms with E-state index >= 15 is 0 Å². The lowest BCUT2D eigenvalue weighted by Gasteiger charge is -2.15. The lowest BCUT2D eigenvalue weighted by atomic mass is 9.92. The minimum Gasteiger partial charge on any atom is -0.481 e. The molecule has 0 aromatic rings. The van der Waals surface area contributed by atoms with Crippen LogP contribution in [0.5, 0.6) is 0 Å². The number of hydrogen-bond donors (Lipinski definition) is 1. The monoisotopic (exact) mass is 243 g/mol. The van der Waals surface area contributed by atoms with E-state index in [1.165, 1.54) is 11.8 Å². The number of carboxylic acid groups (broad SMARTS) is 1. The molecular formula is C11H17NO3S. The van der Waals surface area contributed by atoms with E-state index in [4.69, 9.17) is 5.11 Å². The SMILES string of the molecule is CSCC(=O)N1C[C@H](C(=O)O)[C@@H](C2CC2)C1. The molecule has 0 aromatic carbocycles. The molecule has 90 valence electrons. The Hall–Kier alpha value is -0.710. The molecule has 0 unspecified atom stereocenters. The third kappa shape index (κ3) is 2.34. The quantitative estimate of drug-likeness (QED) is 0.797. The van der Waals surface area contributed by atoms with Crippen LogP contribution in [0, 0.1) is 17.8 Å². The van der Waals surface area contributed by atoms with E-state index in [9.17, 15) is 9.59 Å². The number of hydrogen-bond acceptors (Lipinski definition) is 3. The van der Waals surface area contributed by atoms with Gasteiger partial charge < -0.3 is 10.0 Å². The fourth-order valence-corrected chi connectivity index (χ4v) is 2.94. The summed E-state index contributed by atoms with van der Waals surface area (Å²) in [5.41, 5.74) is 0. The Labute approximate surface area is 99.4 Å². The normalized spacial score (nSPS) is 29.4. The van der Waals surface area contributed by atoms with E-state index in [0.717, 1.165) is 12.8 Å². The van der Waals surface area contributed by atoms with Crippen LogP contribution < -0.4 is 0 Å². The number of thioether (sulfide) groups is 1. The van der Waals surface area contributed by atoms with Crippen LogP contribution >= 0.6 is 11.8 Å². The van der Waals surface area contributed by atoms with Crippen molar-refractivity contribution >= 4 is 23.6 Å². The predicted molar refractivity (Wildman–Crippen MR) is 62.3 cm³/mol. The number of likely N-dealkylation sites (tertiary alicyclic amines) is 1. The summed E-state index contributed by atoms with van der Waals surface area (Å²) in [6.45, 7) is 1.07. The van der Waals surface area contributed by atoms with Crippen molar-refractivity contribution < 1.29 is 14.7 Å². The Bertz CT molecular complexity index is 304. The number of amides is 1. The molecule has 0 spiro atoms. The van der Waals surface area contributed by atoms with Crippen LogP contribution in [0.15, 0.2) is 0 Å². The number of carbonyl (C=O) groups is 2. The molecule has 5 heteroatoms. The molecule has 2 atom stereocenters. The van der Waals surface area contributed by atoms with Gasteiger partial charge in [-0.25, -0.2) is 0 Å². The van der Waals surface area contributed by atoms with Gasteiger partial charge in [-0.2, -0.15) is 11.8 Å². The van der Waals surface area contributed by atoms with Gasteiger partial charge in [0.1, 0.15) is 0 Å². The highest BCUT2D eigenvalue weighted by Gasteiger charge is 2.46. The molecule has 2 aliphatic rings. The number of carbonyl (C=O) groups excluding carboxylic acids is 1. The van der Waals surface area contributed by atoms with Crippen molar-refractivity contribution in [2.75, 3.05) is 25.1 Å². The second-order valence-corrected chi connectivity index (χ2v) is 5.54. The molecule has 0 aromatic heterocycles. The highest BCUT2D eigenvalue weighted by Crippen LogP contribution is 2.44. The Kier molecular flexibility index (Phi) is 3.42. The highest BCUT2D eigenvalue weighted by atomic mass is 32.2. The maximum atomic E-state index is 11.7. The first-order valence-corrected chi connectivity index (χ1v) is 7.02. The summed E-state index contributed by atoms with van der Waals surface area (Å²) in [6.07, 6.45) is 4.17. The number of nitrogens with zero attached hydrogens (tertiary/aromatic N) is 1. The minimum absolute atomic E-state index is 0.0851. The Morgan fingerprint density at radius 2 is 2.06 bits per heavy atom. The molecule has 0 radical (unpaired) electrons. The zero-order valence-corrected chi connectivity index (χ0v) is 10.2. The van der Waals surface area contributed by atoms with E-state index in [2.05, 4.69) is 0 Å². The summed E-state index contributed by atoms with van der Waals surface area (Å²) in [7, 11) is 0. The number of aliphatic carboxylic acids is 1. The van der Waals surface area contributed by atoms with Gasteiger partial charge >= 0.3 is 5.97 Å². The lowest BCUT2D eigenvalue weighted by Crippen LogP contribution is -2.31. The third-order valence-corrected chi connectivity index (χ3v) is 4.07. The van der Waals surface area contributed by atoms with Crippen molar-refractivity contribution in [2.45, 2.75) is 12.8 Å². The highest BCUT2D eigenvalue weighted by molar-refractivity contribution is 7.99. The molecule has 2 rings (SSSR count). The van der Waals surface area contributed by atoms with Crippen molar-refractivity contribution in [3.8, 4) is 0 Å². The first-order valence-electron chi connectivity index (χ1n) is 5.63.